The van der Waals surface area contributed by atoms with Crippen molar-refractivity contribution < 1.29 is 23.8 Å². The van der Waals surface area contributed by atoms with Crippen molar-refractivity contribution in [3.05, 3.63) is 65.7 Å². The fourth-order valence-electron chi connectivity index (χ4n) is 3.33. The minimum atomic E-state index is -0.323. The molecule has 1 aliphatic heterocycles. The molecule has 0 aliphatic carbocycles. The molecule has 7 nitrogen and oxygen atoms in total. The lowest BCUT2D eigenvalue weighted by Crippen LogP contribution is -2.17. The number of rotatable bonds is 3. The van der Waals surface area contributed by atoms with Gasteiger partial charge in [-0.3, -0.25) is 4.79 Å². The van der Waals surface area contributed by atoms with Crippen LogP contribution in [0.1, 0.15) is 15.9 Å². The van der Waals surface area contributed by atoms with Crippen molar-refractivity contribution in [2.24, 2.45) is 0 Å². The summed E-state index contributed by atoms with van der Waals surface area (Å²) in [6.45, 7) is 2.91. The summed E-state index contributed by atoms with van der Waals surface area (Å²) in [5, 5.41) is 13.3. The van der Waals surface area contributed by atoms with E-state index in [1.165, 1.54) is 6.07 Å². The van der Waals surface area contributed by atoms with Gasteiger partial charge < -0.3 is 24.3 Å². The maximum Gasteiger partial charge on any atom is 0.255 e. The van der Waals surface area contributed by atoms with E-state index in [1.807, 2.05) is 25.1 Å². The van der Waals surface area contributed by atoms with Gasteiger partial charge in [0.25, 0.3) is 5.91 Å². The van der Waals surface area contributed by atoms with Gasteiger partial charge in [-0.25, -0.2) is 4.98 Å². The largest absolute Gasteiger partial charge is 0.507 e. The Morgan fingerprint density at radius 2 is 1.83 bits per heavy atom. The Morgan fingerprint density at radius 1 is 1.00 bits per heavy atom. The van der Waals surface area contributed by atoms with Crippen LogP contribution >= 0.6 is 0 Å². The highest BCUT2D eigenvalue weighted by Crippen LogP contribution is 2.34. The number of nitrogens with one attached hydrogen (secondary N) is 1. The van der Waals surface area contributed by atoms with Gasteiger partial charge in [-0.1, -0.05) is 6.07 Å². The Kier molecular flexibility index (Phi) is 4.28. The second-order valence-corrected chi connectivity index (χ2v) is 7.03. The highest BCUT2D eigenvalue weighted by Gasteiger charge is 2.17. The highest BCUT2D eigenvalue weighted by atomic mass is 16.6. The molecule has 150 valence electrons. The zero-order valence-electron chi connectivity index (χ0n) is 16.1. The van der Waals surface area contributed by atoms with Crippen molar-refractivity contribution >= 4 is 22.7 Å². The first kappa shape index (κ1) is 18.1. The topological polar surface area (TPSA) is 93.8 Å². The van der Waals surface area contributed by atoms with Gasteiger partial charge in [-0.05, 0) is 55.0 Å². The lowest BCUT2D eigenvalue weighted by atomic mass is 10.1. The minimum Gasteiger partial charge on any atom is -0.507 e. The molecule has 0 radical (unpaired) electrons. The number of ether oxygens (including phenoxy) is 2. The van der Waals surface area contributed by atoms with Crippen LogP contribution in [0.4, 0.5) is 5.69 Å². The summed E-state index contributed by atoms with van der Waals surface area (Å²) in [6, 6.07) is 15.5. The average molecular weight is 402 g/mol. The summed E-state index contributed by atoms with van der Waals surface area (Å²) >= 11 is 0. The van der Waals surface area contributed by atoms with Crippen LogP contribution in [-0.4, -0.2) is 29.2 Å². The number of amides is 1. The molecule has 2 N–H and O–H groups in total. The molecular weight excluding hydrogens is 384 g/mol. The number of hydrogen-bond donors (Lipinski definition) is 2. The number of carbonyl (C=O) groups excluding carboxylic acids is 1. The van der Waals surface area contributed by atoms with Gasteiger partial charge in [0.15, 0.2) is 17.1 Å². The Hall–Kier alpha value is -4.00. The molecule has 0 unspecified atom stereocenters. The van der Waals surface area contributed by atoms with E-state index in [1.54, 1.807) is 30.3 Å². The van der Waals surface area contributed by atoms with E-state index >= 15 is 0 Å². The third-order valence-electron chi connectivity index (χ3n) is 4.83. The molecule has 0 bridgehead atoms. The van der Waals surface area contributed by atoms with Crippen LogP contribution in [0.5, 0.6) is 17.2 Å². The molecule has 7 heteroatoms. The maximum atomic E-state index is 12.6. The number of aryl methyl sites for hydroxylation is 1. The molecule has 5 rings (SSSR count). The zero-order valence-corrected chi connectivity index (χ0v) is 16.1. The number of nitrogens with zero attached hydrogens (tertiary/aromatic N) is 1. The molecule has 1 amide bonds. The van der Waals surface area contributed by atoms with E-state index in [4.69, 9.17) is 13.9 Å². The van der Waals surface area contributed by atoms with Gasteiger partial charge >= 0.3 is 0 Å². The fraction of sp³-hybridized carbons (Fsp3) is 0.130. The summed E-state index contributed by atoms with van der Waals surface area (Å²) in [4.78, 5) is 17.0. The monoisotopic (exact) mass is 402 g/mol. The van der Waals surface area contributed by atoms with Gasteiger partial charge in [-0.15, -0.1) is 0 Å². The molecule has 0 saturated heterocycles. The van der Waals surface area contributed by atoms with Crippen molar-refractivity contribution in [1.29, 1.82) is 0 Å². The quantitative estimate of drug-likeness (QED) is 0.523. The number of hydrogen-bond acceptors (Lipinski definition) is 6. The van der Waals surface area contributed by atoms with E-state index in [-0.39, 0.29) is 11.7 Å². The van der Waals surface area contributed by atoms with Crippen LogP contribution in [0.25, 0.3) is 22.6 Å². The molecule has 0 spiro atoms. The van der Waals surface area contributed by atoms with E-state index in [2.05, 4.69) is 10.3 Å². The molecule has 0 saturated carbocycles. The third-order valence-corrected chi connectivity index (χ3v) is 4.83. The van der Waals surface area contributed by atoms with Crippen LogP contribution < -0.4 is 14.8 Å². The summed E-state index contributed by atoms with van der Waals surface area (Å²) in [5.74, 6) is 1.11. The number of benzene rings is 3. The van der Waals surface area contributed by atoms with Gasteiger partial charge in [0, 0.05) is 17.3 Å². The Labute approximate surface area is 171 Å². The normalized spacial score (nSPS) is 12.7. The van der Waals surface area contributed by atoms with Crippen LogP contribution in [0.2, 0.25) is 0 Å². The molecule has 30 heavy (non-hydrogen) atoms. The standard InChI is InChI=1S/C23H18N2O5/c1-13-2-6-19-17(10-13)25-23(30-19)16-5-4-15(12-18(16)26)24-22(27)14-3-7-20-21(11-14)29-9-8-28-20/h2-7,10-12,26H,8-9H2,1H3,(H,24,27). The van der Waals surface area contributed by atoms with Crippen molar-refractivity contribution in [1.82, 2.24) is 4.98 Å². The van der Waals surface area contributed by atoms with Crippen LogP contribution in [0.3, 0.4) is 0 Å². The first-order chi connectivity index (χ1) is 14.6. The average Bonchev–Trinajstić information content (AvgIpc) is 3.16. The second-order valence-electron chi connectivity index (χ2n) is 7.03. The molecular formula is C23H18N2O5. The van der Waals surface area contributed by atoms with Gasteiger partial charge in [0.05, 0.1) is 5.56 Å². The molecule has 2 heterocycles. The number of fused-ring (bicyclic) bond motifs is 2. The van der Waals surface area contributed by atoms with Crippen molar-refractivity contribution in [3.63, 3.8) is 0 Å². The zero-order chi connectivity index (χ0) is 20.7. The van der Waals surface area contributed by atoms with Crippen molar-refractivity contribution in [3.8, 4) is 28.7 Å². The SMILES string of the molecule is Cc1ccc2oc(-c3ccc(NC(=O)c4ccc5c(c4)OCCO5)cc3O)nc2c1. The van der Waals surface area contributed by atoms with Gasteiger partial charge in [0.1, 0.15) is 24.5 Å². The number of anilines is 1. The van der Waals surface area contributed by atoms with E-state index in [0.29, 0.717) is 53.0 Å². The minimum absolute atomic E-state index is 0.0433. The third kappa shape index (κ3) is 3.30. The molecule has 4 aromatic rings. The van der Waals surface area contributed by atoms with Crippen LogP contribution in [-0.2, 0) is 0 Å². The number of aromatic hydroxyl groups is 1. The van der Waals surface area contributed by atoms with Gasteiger partial charge in [-0.2, -0.15) is 0 Å². The highest BCUT2D eigenvalue weighted by molar-refractivity contribution is 6.05. The Morgan fingerprint density at radius 3 is 2.67 bits per heavy atom. The second kappa shape index (κ2) is 7.11. The number of carbonyl (C=O) groups is 1. The predicted molar refractivity (Wildman–Crippen MR) is 111 cm³/mol. The maximum absolute atomic E-state index is 12.6. The van der Waals surface area contributed by atoms with Crippen LogP contribution in [0.15, 0.2) is 59.0 Å². The molecule has 1 aromatic heterocycles. The van der Waals surface area contributed by atoms with Crippen molar-refractivity contribution in [2.45, 2.75) is 6.92 Å². The van der Waals surface area contributed by atoms with E-state index < -0.39 is 0 Å². The molecule has 3 aromatic carbocycles. The molecule has 0 atom stereocenters. The lowest BCUT2D eigenvalue weighted by Gasteiger charge is -2.18. The van der Waals surface area contributed by atoms with Gasteiger partial charge in [0.2, 0.25) is 5.89 Å². The summed E-state index contributed by atoms with van der Waals surface area (Å²) in [6.07, 6.45) is 0. The number of aromatic nitrogens is 1. The summed E-state index contributed by atoms with van der Waals surface area (Å²) < 4.78 is 16.7. The van der Waals surface area contributed by atoms with E-state index in [9.17, 15) is 9.90 Å². The smallest absolute Gasteiger partial charge is 0.255 e. The lowest BCUT2D eigenvalue weighted by molar-refractivity contribution is 0.102. The Balaban J connectivity index is 1.38. The summed E-state index contributed by atoms with van der Waals surface area (Å²) in [5.41, 5.74) is 3.76. The molecule has 1 aliphatic rings. The summed E-state index contributed by atoms with van der Waals surface area (Å²) in [7, 11) is 0. The number of phenolic OH excluding ortho intramolecular Hbond substituents is 1. The van der Waals surface area contributed by atoms with Crippen molar-refractivity contribution in [2.75, 3.05) is 18.5 Å². The number of phenols is 1. The van der Waals surface area contributed by atoms with E-state index in [0.717, 1.165) is 11.1 Å². The first-order valence-corrected chi connectivity index (χ1v) is 9.48. The van der Waals surface area contributed by atoms with Crippen LogP contribution in [0, 0.1) is 6.92 Å². The predicted octanol–water partition coefficient (Wildman–Crippen LogP) is 4.53. The fourth-order valence-corrected chi connectivity index (χ4v) is 3.33. The number of oxazole rings is 1. The Bertz CT molecular complexity index is 1280. The molecule has 0 fully saturated rings. The first-order valence-electron chi connectivity index (χ1n) is 9.48.